The Morgan fingerprint density at radius 1 is 0.957 bits per heavy atom. The number of amides is 2. The lowest BCUT2D eigenvalue weighted by Gasteiger charge is -2.50. The molecule has 4 unspecified atom stereocenters. The maximum absolute atomic E-state index is 13.7. The van der Waals surface area contributed by atoms with Crippen molar-refractivity contribution in [2.24, 2.45) is 5.92 Å². The standard InChI is InChI=1S/C53H58N6O9S/c1-7-30-25-34(42(61)28-41(30)60)47-46(31-10-12-32(67-6)13-11-31)48(57-56-47)51(63)55-20-8-19-54-45(62)24-29-9-15-39-37(23-29)52(2,3)49-35-27-36-44(68-43(35)17-21-58(39)49)18-22-59-40-16-14-33(69(64,65)66)26-38(40)53(4,5)50(36)59/h9-16,23,25-28,35,43-44,49H,7-8,17-22,24H2,1-6H3,(H5-,54,55,56,57,60,61,62,63,64,65,66)/p+1. The van der Waals surface area contributed by atoms with E-state index in [0.717, 1.165) is 54.0 Å². The number of hydrogen-bond donors (Lipinski definition) is 6. The maximum Gasteiger partial charge on any atom is 0.294 e. The van der Waals surface area contributed by atoms with E-state index in [4.69, 9.17) is 9.47 Å². The summed E-state index contributed by atoms with van der Waals surface area (Å²) in [5.74, 6) is 0.0198. The minimum atomic E-state index is -4.36. The Hall–Kier alpha value is -6.49. The molecule has 1 fully saturated rings. The molecule has 6 heterocycles. The molecule has 5 aromatic rings. The van der Waals surface area contributed by atoms with Gasteiger partial charge in [-0.25, -0.2) is 0 Å². The Balaban J connectivity index is 0.800. The third-order valence-corrected chi connectivity index (χ3v) is 16.0. The molecule has 0 bridgehead atoms. The highest BCUT2D eigenvalue weighted by molar-refractivity contribution is 7.85. The molecule has 4 aromatic carbocycles. The van der Waals surface area contributed by atoms with E-state index >= 15 is 0 Å². The van der Waals surface area contributed by atoms with Crippen LogP contribution in [0, 0.1) is 5.92 Å². The van der Waals surface area contributed by atoms with Gasteiger partial charge in [0.1, 0.15) is 28.6 Å². The average Bonchev–Trinajstić information content (AvgIpc) is 3.93. The topological polar surface area (TPSA) is 206 Å². The van der Waals surface area contributed by atoms with Gasteiger partial charge in [0.2, 0.25) is 11.6 Å². The maximum atomic E-state index is 13.7. The number of nitrogens with zero attached hydrogens (tertiary/aromatic N) is 3. The molecule has 0 aliphatic carbocycles. The Bertz CT molecular complexity index is 3100. The monoisotopic (exact) mass is 955 g/mol. The fourth-order valence-electron chi connectivity index (χ4n) is 11.9. The first kappa shape index (κ1) is 46.2. The zero-order chi connectivity index (χ0) is 48.7. The highest BCUT2D eigenvalue weighted by Crippen LogP contribution is 2.55. The number of hydrogen-bond acceptors (Lipinski definition) is 10. The summed E-state index contributed by atoms with van der Waals surface area (Å²) in [6.07, 6.45) is 5.37. The lowest BCUT2D eigenvalue weighted by atomic mass is 9.68. The number of carbonyl (C=O) groups excluding carboxylic acids is 2. The molecule has 5 aliphatic heterocycles. The molecule has 6 N–H and O–H groups in total. The van der Waals surface area contributed by atoms with Crippen molar-refractivity contribution >= 4 is 39.0 Å². The van der Waals surface area contributed by atoms with Crippen molar-refractivity contribution < 1.29 is 46.8 Å². The smallest absolute Gasteiger partial charge is 0.294 e. The number of benzene rings is 4. The number of phenols is 2. The van der Waals surface area contributed by atoms with Crippen LogP contribution in [0.1, 0.15) is 86.6 Å². The number of phenolic OH excluding ortho intramolecular Hbond substituents is 2. The number of carbonyl (C=O) groups is 2. The molecule has 5 aliphatic rings. The molecule has 1 aromatic heterocycles. The average molecular weight is 956 g/mol. The number of ether oxygens (including phenoxy) is 2. The molecular weight excluding hydrogens is 897 g/mol. The van der Waals surface area contributed by atoms with Crippen LogP contribution in [0.25, 0.3) is 22.4 Å². The van der Waals surface area contributed by atoms with E-state index in [0.29, 0.717) is 53.1 Å². The molecule has 4 atom stereocenters. The molecule has 16 heteroatoms. The predicted molar refractivity (Wildman–Crippen MR) is 262 cm³/mol. The summed E-state index contributed by atoms with van der Waals surface area (Å²) in [5, 5.41) is 34.5. The molecule has 15 nitrogen and oxygen atoms in total. The first-order chi connectivity index (χ1) is 32.9. The molecule has 0 radical (unpaired) electrons. The van der Waals surface area contributed by atoms with E-state index < -0.39 is 21.4 Å². The highest BCUT2D eigenvalue weighted by atomic mass is 32.2. The lowest BCUT2D eigenvalue weighted by Crippen LogP contribution is -2.58. The molecule has 0 spiro atoms. The van der Waals surface area contributed by atoms with Gasteiger partial charge in [-0.15, -0.1) is 0 Å². The summed E-state index contributed by atoms with van der Waals surface area (Å²) in [5.41, 5.74) is 9.36. The lowest BCUT2D eigenvalue weighted by molar-refractivity contribution is -0.445. The third-order valence-electron chi connectivity index (χ3n) is 15.2. The first-order valence-corrected chi connectivity index (χ1v) is 25.2. The first-order valence-electron chi connectivity index (χ1n) is 23.8. The summed E-state index contributed by atoms with van der Waals surface area (Å²) in [6.45, 7) is 13.0. The molecule has 2 amide bonds. The molecular formula is C53H59N6O9S+. The van der Waals surface area contributed by atoms with E-state index in [-0.39, 0.29) is 70.5 Å². The normalized spacial score (nSPS) is 21.6. The number of aromatic nitrogens is 2. The van der Waals surface area contributed by atoms with Gasteiger partial charge in [-0.2, -0.15) is 18.1 Å². The van der Waals surface area contributed by atoms with Gasteiger partial charge in [-0.05, 0) is 91.8 Å². The number of aromatic amines is 1. The summed E-state index contributed by atoms with van der Waals surface area (Å²) < 4.78 is 48.9. The minimum Gasteiger partial charge on any atom is -0.508 e. The van der Waals surface area contributed by atoms with Gasteiger partial charge < -0.3 is 35.2 Å². The molecule has 360 valence electrons. The Morgan fingerprint density at radius 3 is 2.46 bits per heavy atom. The zero-order valence-corrected chi connectivity index (χ0v) is 40.5. The largest absolute Gasteiger partial charge is 0.508 e. The van der Waals surface area contributed by atoms with Gasteiger partial charge in [-0.3, -0.25) is 19.2 Å². The van der Waals surface area contributed by atoms with Gasteiger partial charge in [0.25, 0.3) is 16.0 Å². The number of fused-ring (bicyclic) bond motifs is 9. The second-order valence-electron chi connectivity index (χ2n) is 20.0. The van der Waals surface area contributed by atoms with Gasteiger partial charge in [0, 0.05) is 83.5 Å². The van der Waals surface area contributed by atoms with E-state index in [1.54, 1.807) is 31.4 Å². The number of rotatable bonds is 12. The van der Waals surface area contributed by atoms with Crippen molar-refractivity contribution in [2.45, 2.75) is 101 Å². The van der Waals surface area contributed by atoms with Crippen molar-refractivity contribution in [3.05, 3.63) is 112 Å². The van der Waals surface area contributed by atoms with Gasteiger partial charge >= 0.3 is 0 Å². The summed E-state index contributed by atoms with van der Waals surface area (Å²) in [4.78, 5) is 29.5. The fraction of sp³-hybridized carbons (Fsp3) is 0.396. The number of aromatic hydroxyl groups is 2. The molecule has 1 saturated heterocycles. The van der Waals surface area contributed by atoms with Crippen molar-refractivity contribution in [3.63, 3.8) is 0 Å². The SMILES string of the molecule is CCc1cc(-c2n[nH]c(C(=O)NCCCNC(=O)Cc3ccc4c(c3)C(C)(C)C3C5C=C6C7=[N+](CCC6OC5CCN43)c3ccc(S(=O)(=O)O)cc3C7(C)C)c2-c2ccc(OC)cc2)c(O)cc1O. The van der Waals surface area contributed by atoms with Crippen LogP contribution in [0.4, 0.5) is 11.4 Å². The summed E-state index contributed by atoms with van der Waals surface area (Å²) >= 11 is 0. The Kier molecular flexibility index (Phi) is 11.5. The highest BCUT2D eigenvalue weighted by Gasteiger charge is 2.58. The van der Waals surface area contributed by atoms with Crippen LogP contribution in [0.5, 0.6) is 17.2 Å². The van der Waals surface area contributed by atoms with Gasteiger partial charge in [0.15, 0.2) is 12.3 Å². The van der Waals surface area contributed by atoms with Crippen LogP contribution in [0.15, 0.2) is 89.3 Å². The third kappa shape index (κ3) is 7.86. The number of piperidine rings is 1. The second-order valence-corrected chi connectivity index (χ2v) is 21.4. The number of anilines is 1. The Morgan fingerprint density at radius 2 is 1.72 bits per heavy atom. The zero-order valence-electron chi connectivity index (χ0n) is 39.7. The minimum absolute atomic E-state index is 0.0229. The number of methoxy groups -OCH3 is 1. The van der Waals surface area contributed by atoms with Crippen LogP contribution in [-0.2, 0) is 43.3 Å². The molecule has 10 rings (SSSR count). The van der Waals surface area contributed by atoms with Crippen LogP contribution in [0.2, 0.25) is 0 Å². The van der Waals surface area contributed by atoms with E-state index in [1.165, 1.54) is 23.4 Å². The van der Waals surface area contributed by atoms with Crippen molar-refractivity contribution in [2.75, 3.05) is 38.2 Å². The van der Waals surface area contributed by atoms with Crippen molar-refractivity contribution in [1.29, 1.82) is 0 Å². The van der Waals surface area contributed by atoms with E-state index in [9.17, 15) is 32.8 Å². The van der Waals surface area contributed by atoms with Crippen LogP contribution in [0.3, 0.4) is 0 Å². The number of aryl methyl sites for hydroxylation is 1. The van der Waals surface area contributed by atoms with Crippen molar-refractivity contribution in [3.8, 4) is 39.6 Å². The second kappa shape index (κ2) is 17.2. The van der Waals surface area contributed by atoms with Crippen LogP contribution in [-0.4, -0.2) is 107 Å². The quantitative estimate of drug-likeness (QED) is 0.0422. The summed E-state index contributed by atoms with van der Waals surface area (Å²) in [7, 11) is -2.79. The van der Waals surface area contributed by atoms with Crippen LogP contribution >= 0.6 is 0 Å². The van der Waals surface area contributed by atoms with Crippen LogP contribution < -0.4 is 20.3 Å². The van der Waals surface area contributed by atoms with E-state index in [2.05, 4.69) is 76.2 Å². The van der Waals surface area contributed by atoms with E-state index in [1.807, 2.05) is 31.2 Å². The molecule has 69 heavy (non-hydrogen) atoms. The number of nitrogens with one attached hydrogen (secondary N) is 3. The Labute approximate surface area is 402 Å². The van der Waals surface area contributed by atoms with Gasteiger partial charge in [0.05, 0.1) is 36.0 Å². The number of H-pyrrole nitrogens is 1. The fourth-order valence-corrected chi connectivity index (χ4v) is 12.4. The van der Waals surface area contributed by atoms with Gasteiger partial charge in [-0.1, -0.05) is 51.1 Å². The predicted octanol–water partition coefficient (Wildman–Crippen LogP) is 7.11. The molecule has 0 saturated carbocycles. The van der Waals surface area contributed by atoms with Crippen molar-refractivity contribution in [1.82, 2.24) is 20.8 Å². The summed E-state index contributed by atoms with van der Waals surface area (Å²) in [6, 6.07) is 21.5.